The summed E-state index contributed by atoms with van der Waals surface area (Å²) in [4.78, 5) is 0. The van der Waals surface area contributed by atoms with E-state index in [0.717, 1.165) is 23.3 Å². The number of hydrogen-bond donors (Lipinski definition) is 0. The van der Waals surface area contributed by atoms with Crippen molar-refractivity contribution in [3.8, 4) is 11.5 Å². The van der Waals surface area contributed by atoms with Gasteiger partial charge in [-0.05, 0) is 23.6 Å². The first kappa shape index (κ1) is 13.5. The van der Waals surface area contributed by atoms with E-state index in [0.29, 0.717) is 0 Å². The Morgan fingerprint density at radius 2 is 1.48 bits per heavy atom. The lowest BCUT2D eigenvalue weighted by molar-refractivity contribution is 0.00448. The Morgan fingerprint density at radius 3 is 2.29 bits per heavy atom. The van der Waals surface area contributed by atoms with E-state index in [-0.39, 0.29) is 6.29 Å². The molecular formula is C19H18O2. The summed E-state index contributed by atoms with van der Waals surface area (Å²) in [7, 11) is 0. The fraction of sp³-hybridized carbons (Fsp3) is 0.158. The molecule has 0 aliphatic heterocycles. The van der Waals surface area contributed by atoms with Crippen LogP contribution in [0.25, 0.3) is 10.8 Å². The quantitative estimate of drug-likeness (QED) is 0.609. The third kappa shape index (κ3) is 3.16. The van der Waals surface area contributed by atoms with E-state index in [1.54, 1.807) is 0 Å². The molecule has 0 saturated heterocycles. The maximum Gasteiger partial charge on any atom is 0.240 e. The molecule has 0 N–H and O–H groups in total. The van der Waals surface area contributed by atoms with Gasteiger partial charge < -0.3 is 9.47 Å². The monoisotopic (exact) mass is 278 g/mol. The molecule has 3 aromatic carbocycles. The van der Waals surface area contributed by atoms with Crippen molar-refractivity contribution in [3.63, 3.8) is 0 Å². The second kappa shape index (κ2) is 6.31. The molecule has 0 aliphatic carbocycles. The van der Waals surface area contributed by atoms with Gasteiger partial charge in [-0.2, -0.15) is 0 Å². The molecule has 106 valence electrons. The van der Waals surface area contributed by atoms with Gasteiger partial charge in [-0.1, -0.05) is 61.5 Å². The van der Waals surface area contributed by atoms with Crippen molar-refractivity contribution in [3.05, 3.63) is 72.8 Å². The van der Waals surface area contributed by atoms with Crippen LogP contribution in [-0.2, 0) is 0 Å². The average molecular weight is 278 g/mol. The summed E-state index contributed by atoms with van der Waals surface area (Å²) in [5, 5.41) is 2.28. The molecular weight excluding hydrogens is 260 g/mol. The van der Waals surface area contributed by atoms with Crippen molar-refractivity contribution in [2.24, 2.45) is 0 Å². The Balaban J connectivity index is 1.82. The Morgan fingerprint density at radius 1 is 0.762 bits per heavy atom. The molecule has 0 saturated carbocycles. The number of para-hydroxylation sites is 1. The SMILES string of the molecule is CCC(Oc1ccccc1)Oc1cccc2ccccc12. The van der Waals surface area contributed by atoms with Crippen LogP contribution < -0.4 is 9.47 Å². The van der Waals surface area contributed by atoms with E-state index in [1.165, 1.54) is 5.39 Å². The highest BCUT2D eigenvalue weighted by Crippen LogP contribution is 2.27. The fourth-order valence-corrected chi connectivity index (χ4v) is 2.28. The first-order chi connectivity index (χ1) is 10.4. The summed E-state index contributed by atoms with van der Waals surface area (Å²) in [5.41, 5.74) is 0. The zero-order valence-electron chi connectivity index (χ0n) is 12.0. The van der Waals surface area contributed by atoms with Crippen molar-refractivity contribution in [1.29, 1.82) is 0 Å². The number of ether oxygens (including phenoxy) is 2. The van der Waals surface area contributed by atoms with E-state index in [1.807, 2.05) is 54.6 Å². The minimum atomic E-state index is -0.293. The molecule has 2 heteroatoms. The van der Waals surface area contributed by atoms with Crippen molar-refractivity contribution in [2.45, 2.75) is 19.6 Å². The minimum Gasteiger partial charge on any atom is -0.455 e. The van der Waals surface area contributed by atoms with Crippen LogP contribution in [-0.4, -0.2) is 6.29 Å². The van der Waals surface area contributed by atoms with Gasteiger partial charge in [0.15, 0.2) is 0 Å². The maximum absolute atomic E-state index is 6.06. The minimum absolute atomic E-state index is 0.293. The van der Waals surface area contributed by atoms with Crippen LogP contribution in [0.1, 0.15) is 13.3 Å². The normalized spacial score (nSPS) is 12.0. The predicted molar refractivity (Wildman–Crippen MR) is 85.7 cm³/mol. The zero-order valence-corrected chi connectivity index (χ0v) is 12.0. The summed E-state index contributed by atoms with van der Waals surface area (Å²) in [5.74, 6) is 1.68. The summed E-state index contributed by atoms with van der Waals surface area (Å²) in [6.07, 6.45) is 0.483. The third-order valence-corrected chi connectivity index (χ3v) is 3.35. The smallest absolute Gasteiger partial charge is 0.240 e. The van der Waals surface area contributed by atoms with Gasteiger partial charge in [-0.15, -0.1) is 0 Å². The standard InChI is InChI=1S/C19H18O2/c1-2-19(20-16-11-4-3-5-12-16)21-18-14-8-10-15-9-6-7-13-17(15)18/h3-14,19H,2H2,1H3. The summed E-state index contributed by atoms with van der Waals surface area (Å²) in [6, 6.07) is 24.1. The first-order valence-corrected chi connectivity index (χ1v) is 7.23. The first-order valence-electron chi connectivity index (χ1n) is 7.23. The second-order valence-electron chi connectivity index (χ2n) is 4.86. The van der Waals surface area contributed by atoms with Gasteiger partial charge in [0.05, 0.1) is 0 Å². The molecule has 3 aromatic rings. The highest BCUT2D eigenvalue weighted by molar-refractivity contribution is 5.88. The lowest BCUT2D eigenvalue weighted by Crippen LogP contribution is -2.22. The Bertz CT molecular complexity index is 702. The van der Waals surface area contributed by atoms with Gasteiger partial charge in [0.25, 0.3) is 0 Å². The summed E-state index contributed by atoms with van der Waals surface area (Å²) < 4.78 is 12.0. The number of rotatable bonds is 5. The molecule has 0 radical (unpaired) electrons. The van der Waals surface area contributed by atoms with E-state index in [9.17, 15) is 0 Å². The molecule has 2 nitrogen and oxygen atoms in total. The average Bonchev–Trinajstić information content (AvgIpc) is 2.55. The van der Waals surface area contributed by atoms with Gasteiger partial charge in [-0.25, -0.2) is 0 Å². The van der Waals surface area contributed by atoms with Crippen LogP contribution in [0.2, 0.25) is 0 Å². The molecule has 1 unspecified atom stereocenters. The summed E-state index contributed by atoms with van der Waals surface area (Å²) >= 11 is 0. The van der Waals surface area contributed by atoms with Crippen molar-refractivity contribution in [1.82, 2.24) is 0 Å². The van der Waals surface area contributed by atoms with E-state index in [2.05, 4.69) is 25.1 Å². The second-order valence-corrected chi connectivity index (χ2v) is 4.86. The lowest BCUT2D eigenvalue weighted by Gasteiger charge is -2.20. The van der Waals surface area contributed by atoms with Gasteiger partial charge in [0.1, 0.15) is 11.5 Å². The number of fused-ring (bicyclic) bond motifs is 1. The number of hydrogen-bond acceptors (Lipinski definition) is 2. The van der Waals surface area contributed by atoms with E-state index < -0.39 is 0 Å². The number of benzene rings is 3. The molecule has 0 spiro atoms. The van der Waals surface area contributed by atoms with E-state index in [4.69, 9.17) is 9.47 Å². The van der Waals surface area contributed by atoms with Gasteiger partial charge in [0, 0.05) is 11.8 Å². The summed E-state index contributed by atoms with van der Waals surface area (Å²) in [6.45, 7) is 2.05. The molecule has 0 aliphatic rings. The van der Waals surface area contributed by atoms with Crippen LogP contribution in [0.5, 0.6) is 11.5 Å². The molecule has 0 amide bonds. The maximum atomic E-state index is 6.06. The van der Waals surface area contributed by atoms with Crippen LogP contribution in [0.15, 0.2) is 72.8 Å². The largest absolute Gasteiger partial charge is 0.455 e. The molecule has 0 bridgehead atoms. The van der Waals surface area contributed by atoms with E-state index >= 15 is 0 Å². The molecule has 0 fully saturated rings. The molecule has 1 atom stereocenters. The highest BCUT2D eigenvalue weighted by Gasteiger charge is 2.11. The lowest BCUT2D eigenvalue weighted by atomic mass is 10.1. The van der Waals surface area contributed by atoms with Crippen LogP contribution in [0.4, 0.5) is 0 Å². The molecule has 0 aromatic heterocycles. The molecule has 21 heavy (non-hydrogen) atoms. The van der Waals surface area contributed by atoms with Gasteiger partial charge >= 0.3 is 0 Å². The Kier molecular flexibility index (Phi) is 4.06. The van der Waals surface area contributed by atoms with Gasteiger partial charge in [0.2, 0.25) is 6.29 Å². The van der Waals surface area contributed by atoms with Crippen LogP contribution in [0.3, 0.4) is 0 Å². The zero-order chi connectivity index (χ0) is 14.5. The third-order valence-electron chi connectivity index (χ3n) is 3.35. The van der Waals surface area contributed by atoms with Gasteiger partial charge in [-0.3, -0.25) is 0 Å². The van der Waals surface area contributed by atoms with Crippen LogP contribution in [0, 0.1) is 0 Å². The van der Waals surface area contributed by atoms with Crippen molar-refractivity contribution >= 4 is 10.8 Å². The Hall–Kier alpha value is -2.48. The fourth-order valence-electron chi connectivity index (χ4n) is 2.28. The molecule has 3 rings (SSSR count). The van der Waals surface area contributed by atoms with Crippen LogP contribution >= 0.6 is 0 Å². The molecule has 0 heterocycles. The predicted octanol–water partition coefficient (Wildman–Crippen LogP) is 5.03. The highest BCUT2D eigenvalue weighted by atomic mass is 16.7. The van der Waals surface area contributed by atoms with Crippen molar-refractivity contribution < 1.29 is 9.47 Å². The topological polar surface area (TPSA) is 18.5 Å². The van der Waals surface area contributed by atoms with Crippen molar-refractivity contribution in [2.75, 3.05) is 0 Å². The Labute approximate surface area is 124 Å².